The summed E-state index contributed by atoms with van der Waals surface area (Å²) >= 11 is 0. The molecule has 0 saturated carbocycles. The summed E-state index contributed by atoms with van der Waals surface area (Å²) < 4.78 is 7.08. The minimum Gasteiger partial charge on any atom is -0.496 e. The Morgan fingerprint density at radius 2 is 2.10 bits per heavy atom. The van der Waals surface area contributed by atoms with E-state index in [1.54, 1.807) is 7.11 Å². The number of benzene rings is 2. The van der Waals surface area contributed by atoms with E-state index in [0.717, 1.165) is 36.4 Å². The lowest BCUT2D eigenvalue weighted by molar-refractivity contribution is -0.114. The van der Waals surface area contributed by atoms with E-state index in [0.29, 0.717) is 12.6 Å². The molecule has 9 heteroatoms. The second kappa shape index (κ2) is 9.67. The highest BCUT2D eigenvalue weighted by Gasteiger charge is 2.26. The summed E-state index contributed by atoms with van der Waals surface area (Å²) in [7, 11) is 1.66. The number of ether oxygens (including phenoxy) is 1. The molecular formula is C22H27N7O2. The SMILES string of the molecule is COc1ccc(-n2nnnc2NC(C)=O)cc1CN[C@H]1CCCN[C@H]1c1ccccc1. The van der Waals surface area contributed by atoms with Crippen molar-refractivity contribution in [1.29, 1.82) is 0 Å². The van der Waals surface area contributed by atoms with Gasteiger partial charge in [0, 0.05) is 31.1 Å². The molecule has 0 radical (unpaired) electrons. The fraction of sp³-hybridized carbons (Fsp3) is 0.364. The lowest BCUT2D eigenvalue weighted by atomic mass is 9.92. The van der Waals surface area contributed by atoms with Crippen LogP contribution in [0.3, 0.4) is 0 Å². The van der Waals surface area contributed by atoms with Gasteiger partial charge in [-0.05, 0) is 53.6 Å². The number of rotatable bonds is 7. The minimum atomic E-state index is -0.233. The number of anilines is 1. The van der Waals surface area contributed by atoms with Crippen LogP contribution in [-0.4, -0.2) is 45.8 Å². The molecular weight excluding hydrogens is 394 g/mol. The number of hydrogen-bond donors (Lipinski definition) is 3. The maximum absolute atomic E-state index is 11.4. The quantitative estimate of drug-likeness (QED) is 0.537. The molecule has 1 aliphatic rings. The van der Waals surface area contributed by atoms with Crippen molar-refractivity contribution < 1.29 is 9.53 Å². The van der Waals surface area contributed by atoms with E-state index in [-0.39, 0.29) is 17.9 Å². The average molecular weight is 422 g/mol. The van der Waals surface area contributed by atoms with Gasteiger partial charge in [-0.1, -0.05) is 35.4 Å². The molecule has 4 rings (SSSR count). The number of carbonyl (C=O) groups excluding carboxylic acids is 1. The Labute approximate surface area is 181 Å². The van der Waals surface area contributed by atoms with Crippen molar-refractivity contribution in [3.63, 3.8) is 0 Å². The number of nitrogens with one attached hydrogen (secondary N) is 3. The molecule has 1 aliphatic heterocycles. The van der Waals surface area contributed by atoms with Crippen molar-refractivity contribution in [1.82, 2.24) is 30.8 Å². The maximum atomic E-state index is 11.4. The van der Waals surface area contributed by atoms with E-state index in [1.807, 2.05) is 24.3 Å². The minimum absolute atomic E-state index is 0.233. The predicted octanol–water partition coefficient (Wildman–Crippen LogP) is 2.21. The highest BCUT2D eigenvalue weighted by Crippen LogP contribution is 2.26. The molecule has 1 amide bonds. The smallest absolute Gasteiger partial charge is 0.254 e. The summed E-state index contributed by atoms with van der Waals surface area (Å²) in [5, 5.41) is 21.6. The molecule has 1 fully saturated rings. The Hall–Kier alpha value is -3.30. The molecule has 9 nitrogen and oxygen atoms in total. The van der Waals surface area contributed by atoms with Crippen LogP contribution in [0.1, 0.15) is 36.9 Å². The van der Waals surface area contributed by atoms with Gasteiger partial charge in [-0.15, -0.1) is 0 Å². The van der Waals surface area contributed by atoms with Crippen molar-refractivity contribution in [2.75, 3.05) is 19.0 Å². The van der Waals surface area contributed by atoms with Crippen LogP contribution < -0.4 is 20.7 Å². The topological polar surface area (TPSA) is 106 Å². The van der Waals surface area contributed by atoms with Gasteiger partial charge in [-0.25, -0.2) is 0 Å². The standard InChI is InChI=1S/C22H27N7O2/c1-15(30)25-22-26-27-28-29(22)18-10-11-20(31-2)17(13-18)14-24-19-9-6-12-23-21(19)16-7-4-3-5-8-16/h3-5,7-8,10-11,13,19,21,23-24H,6,9,12,14H2,1-2H3,(H,25,26,28,30)/t19-,21-/m0/s1. The van der Waals surface area contributed by atoms with Gasteiger partial charge in [0.15, 0.2) is 0 Å². The summed E-state index contributed by atoms with van der Waals surface area (Å²) in [5.74, 6) is 0.825. The Bertz CT molecular complexity index is 1020. The molecule has 1 saturated heterocycles. The molecule has 2 atom stereocenters. The van der Waals surface area contributed by atoms with Crippen molar-refractivity contribution >= 4 is 11.9 Å². The first-order chi connectivity index (χ1) is 15.2. The number of piperidine rings is 1. The third-order valence-corrected chi connectivity index (χ3v) is 5.44. The molecule has 2 aromatic carbocycles. The van der Waals surface area contributed by atoms with Gasteiger partial charge in [0.25, 0.3) is 5.95 Å². The molecule has 0 unspecified atom stereocenters. The van der Waals surface area contributed by atoms with Crippen LogP contribution in [0.15, 0.2) is 48.5 Å². The van der Waals surface area contributed by atoms with E-state index in [9.17, 15) is 4.79 Å². The van der Waals surface area contributed by atoms with Gasteiger partial charge in [0.1, 0.15) is 5.75 Å². The van der Waals surface area contributed by atoms with Crippen LogP contribution in [0, 0.1) is 0 Å². The molecule has 3 N–H and O–H groups in total. The Morgan fingerprint density at radius 3 is 2.87 bits per heavy atom. The van der Waals surface area contributed by atoms with Gasteiger partial charge < -0.3 is 15.4 Å². The van der Waals surface area contributed by atoms with Gasteiger partial charge in [0.2, 0.25) is 5.91 Å². The number of aromatic nitrogens is 4. The summed E-state index contributed by atoms with van der Waals surface area (Å²) in [6.45, 7) is 3.07. The second-order valence-electron chi connectivity index (χ2n) is 7.56. The summed E-state index contributed by atoms with van der Waals surface area (Å²) in [6, 6.07) is 16.8. The van der Waals surface area contributed by atoms with Crippen molar-refractivity contribution in [2.45, 2.75) is 38.4 Å². The van der Waals surface area contributed by atoms with E-state index in [4.69, 9.17) is 4.74 Å². The monoisotopic (exact) mass is 421 g/mol. The largest absolute Gasteiger partial charge is 0.496 e. The molecule has 2 heterocycles. The molecule has 0 bridgehead atoms. The molecule has 0 aliphatic carbocycles. The number of hydrogen-bond acceptors (Lipinski definition) is 7. The maximum Gasteiger partial charge on any atom is 0.254 e. The lowest BCUT2D eigenvalue weighted by Gasteiger charge is -2.34. The van der Waals surface area contributed by atoms with Crippen LogP contribution in [0.2, 0.25) is 0 Å². The van der Waals surface area contributed by atoms with Crippen LogP contribution in [0.4, 0.5) is 5.95 Å². The first-order valence-corrected chi connectivity index (χ1v) is 10.4. The summed E-state index contributed by atoms with van der Waals surface area (Å²) in [4.78, 5) is 11.4. The van der Waals surface area contributed by atoms with Crippen molar-refractivity contribution in [3.05, 3.63) is 59.7 Å². The summed E-state index contributed by atoms with van der Waals surface area (Å²) in [5.41, 5.74) is 3.02. The number of tetrazole rings is 1. The fourth-order valence-corrected chi connectivity index (χ4v) is 3.99. The Kier molecular flexibility index (Phi) is 6.54. The first kappa shape index (κ1) is 21.0. The number of carbonyl (C=O) groups is 1. The normalized spacial score (nSPS) is 18.5. The van der Waals surface area contributed by atoms with Crippen molar-refractivity contribution in [3.8, 4) is 11.4 Å². The zero-order valence-corrected chi connectivity index (χ0v) is 17.7. The number of nitrogens with zero attached hydrogens (tertiary/aromatic N) is 4. The van der Waals surface area contributed by atoms with E-state index >= 15 is 0 Å². The first-order valence-electron chi connectivity index (χ1n) is 10.4. The lowest BCUT2D eigenvalue weighted by Crippen LogP contribution is -2.45. The molecule has 0 spiro atoms. The zero-order chi connectivity index (χ0) is 21.6. The van der Waals surface area contributed by atoms with Gasteiger partial charge in [0.05, 0.1) is 12.8 Å². The number of methoxy groups -OCH3 is 1. The predicted molar refractivity (Wildman–Crippen MR) is 117 cm³/mol. The molecule has 162 valence electrons. The van der Waals surface area contributed by atoms with E-state index in [1.165, 1.54) is 17.2 Å². The average Bonchev–Trinajstić information content (AvgIpc) is 3.25. The third kappa shape index (κ3) is 4.89. The van der Waals surface area contributed by atoms with Crippen LogP contribution >= 0.6 is 0 Å². The van der Waals surface area contributed by atoms with E-state index in [2.05, 4.69) is 55.7 Å². The van der Waals surface area contributed by atoms with E-state index < -0.39 is 0 Å². The Morgan fingerprint density at radius 1 is 1.26 bits per heavy atom. The van der Waals surface area contributed by atoms with Crippen molar-refractivity contribution in [2.24, 2.45) is 0 Å². The third-order valence-electron chi connectivity index (χ3n) is 5.44. The molecule has 3 aromatic rings. The molecule has 1 aromatic heterocycles. The zero-order valence-electron chi connectivity index (χ0n) is 17.7. The summed E-state index contributed by atoms with van der Waals surface area (Å²) in [6.07, 6.45) is 2.22. The molecule has 31 heavy (non-hydrogen) atoms. The Balaban J connectivity index is 1.54. The van der Waals surface area contributed by atoms with Crippen LogP contribution in [0.25, 0.3) is 5.69 Å². The van der Waals surface area contributed by atoms with Crippen LogP contribution in [-0.2, 0) is 11.3 Å². The van der Waals surface area contributed by atoms with Crippen LogP contribution in [0.5, 0.6) is 5.75 Å². The highest BCUT2D eigenvalue weighted by atomic mass is 16.5. The number of amides is 1. The highest BCUT2D eigenvalue weighted by molar-refractivity contribution is 5.86. The fourth-order valence-electron chi connectivity index (χ4n) is 3.99. The van der Waals surface area contributed by atoms with Gasteiger partial charge in [-0.2, -0.15) is 4.68 Å². The second-order valence-corrected chi connectivity index (χ2v) is 7.56. The van der Waals surface area contributed by atoms with Gasteiger partial charge in [-0.3, -0.25) is 10.1 Å². The van der Waals surface area contributed by atoms with Gasteiger partial charge >= 0.3 is 0 Å².